The molecule has 132 valence electrons. The zero-order valence-electron chi connectivity index (χ0n) is 14.7. The normalized spacial score (nSPS) is 17.8. The van der Waals surface area contributed by atoms with Crippen LogP contribution in [0, 0.1) is 0 Å². The van der Waals surface area contributed by atoms with Crippen LogP contribution >= 0.6 is 0 Å². The zero-order valence-corrected chi connectivity index (χ0v) is 14.7. The lowest BCUT2D eigenvalue weighted by molar-refractivity contribution is 0.126. The van der Waals surface area contributed by atoms with Gasteiger partial charge in [-0.1, -0.05) is 36.4 Å². The van der Waals surface area contributed by atoms with E-state index >= 15 is 0 Å². The molecule has 0 bridgehead atoms. The van der Waals surface area contributed by atoms with Crippen LogP contribution in [-0.2, 0) is 13.0 Å². The molecule has 2 aromatic rings. The number of aryl methyl sites for hydroxylation is 1. The van der Waals surface area contributed by atoms with Crippen LogP contribution in [0.3, 0.4) is 0 Å². The van der Waals surface area contributed by atoms with Gasteiger partial charge in [-0.25, -0.2) is 0 Å². The highest BCUT2D eigenvalue weighted by Crippen LogP contribution is 2.32. The monoisotopic (exact) mass is 338 g/mol. The minimum absolute atomic E-state index is 0.348. The molecule has 2 aliphatic heterocycles. The van der Waals surface area contributed by atoms with E-state index in [0.717, 1.165) is 31.1 Å². The SMILES string of the molecule is c1ccc(CCCN2CCN(Cc3ccc4c(c3)OCO4)CC2)cc1. The Kier molecular flexibility index (Phi) is 5.19. The van der Waals surface area contributed by atoms with E-state index in [0.29, 0.717) is 6.79 Å². The number of hydrogen-bond acceptors (Lipinski definition) is 4. The maximum atomic E-state index is 5.48. The van der Waals surface area contributed by atoms with Crippen molar-refractivity contribution in [1.29, 1.82) is 0 Å². The summed E-state index contributed by atoms with van der Waals surface area (Å²) in [5, 5.41) is 0. The van der Waals surface area contributed by atoms with Crippen molar-refractivity contribution in [3.05, 3.63) is 59.7 Å². The summed E-state index contributed by atoms with van der Waals surface area (Å²) in [5.41, 5.74) is 2.76. The van der Waals surface area contributed by atoms with E-state index in [1.54, 1.807) is 0 Å². The van der Waals surface area contributed by atoms with Crippen molar-refractivity contribution in [1.82, 2.24) is 9.80 Å². The Morgan fingerprint density at radius 2 is 1.52 bits per heavy atom. The maximum Gasteiger partial charge on any atom is 0.231 e. The Morgan fingerprint density at radius 1 is 0.760 bits per heavy atom. The van der Waals surface area contributed by atoms with Crippen molar-refractivity contribution in [3.63, 3.8) is 0 Å². The summed E-state index contributed by atoms with van der Waals surface area (Å²) < 4.78 is 10.9. The van der Waals surface area contributed by atoms with Gasteiger partial charge in [0, 0.05) is 32.7 Å². The summed E-state index contributed by atoms with van der Waals surface area (Å²) in [6, 6.07) is 17.1. The number of nitrogens with zero attached hydrogens (tertiary/aromatic N) is 2. The van der Waals surface area contributed by atoms with E-state index in [2.05, 4.69) is 52.3 Å². The molecular formula is C21H26N2O2. The minimum Gasteiger partial charge on any atom is -0.454 e. The van der Waals surface area contributed by atoms with E-state index in [1.165, 1.54) is 43.6 Å². The molecule has 0 radical (unpaired) electrons. The first-order chi connectivity index (χ1) is 12.4. The van der Waals surface area contributed by atoms with Gasteiger partial charge >= 0.3 is 0 Å². The number of piperazine rings is 1. The molecule has 2 heterocycles. The van der Waals surface area contributed by atoms with Gasteiger partial charge in [0.1, 0.15) is 0 Å². The number of benzene rings is 2. The van der Waals surface area contributed by atoms with Crippen LogP contribution < -0.4 is 9.47 Å². The van der Waals surface area contributed by atoms with Gasteiger partial charge in [-0.2, -0.15) is 0 Å². The predicted octanol–water partition coefficient (Wildman–Crippen LogP) is 3.17. The van der Waals surface area contributed by atoms with Gasteiger partial charge < -0.3 is 14.4 Å². The van der Waals surface area contributed by atoms with Gasteiger partial charge in [-0.3, -0.25) is 4.90 Å². The van der Waals surface area contributed by atoms with Crippen LogP contribution in [0.5, 0.6) is 11.5 Å². The predicted molar refractivity (Wildman–Crippen MR) is 99.0 cm³/mol. The first kappa shape index (κ1) is 16.4. The molecule has 25 heavy (non-hydrogen) atoms. The highest BCUT2D eigenvalue weighted by atomic mass is 16.7. The summed E-state index contributed by atoms with van der Waals surface area (Å²) >= 11 is 0. The minimum atomic E-state index is 0.348. The average Bonchev–Trinajstić information content (AvgIpc) is 3.12. The Labute approximate surface area is 150 Å². The van der Waals surface area contributed by atoms with Gasteiger partial charge in [0.05, 0.1) is 0 Å². The first-order valence-electron chi connectivity index (χ1n) is 9.24. The Hall–Kier alpha value is -2.04. The lowest BCUT2D eigenvalue weighted by Crippen LogP contribution is -2.46. The molecule has 4 heteroatoms. The van der Waals surface area contributed by atoms with Crippen LogP contribution in [0.2, 0.25) is 0 Å². The fourth-order valence-electron chi connectivity index (χ4n) is 3.62. The highest BCUT2D eigenvalue weighted by molar-refractivity contribution is 5.44. The first-order valence-corrected chi connectivity index (χ1v) is 9.24. The molecule has 0 aromatic heterocycles. The smallest absolute Gasteiger partial charge is 0.231 e. The van der Waals surface area contributed by atoms with Crippen molar-refractivity contribution in [2.45, 2.75) is 19.4 Å². The number of fused-ring (bicyclic) bond motifs is 1. The lowest BCUT2D eigenvalue weighted by Gasteiger charge is -2.34. The molecule has 4 rings (SSSR count). The van der Waals surface area contributed by atoms with Gasteiger partial charge in [-0.05, 0) is 42.6 Å². The van der Waals surface area contributed by atoms with Crippen LogP contribution in [0.25, 0.3) is 0 Å². The van der Waals surface area contributed by atoms with Crippen LogP contribution in [0.4, 0.5) is 0 Å². The van der Waals surface area contributed by atoms with E-state index in [-0.39, 0.29) is 0 Å². The highest BCUT2D eigenvalue weighted by Gasteiger charge is 2.18. The van der Waals surface area contributed by atoms with Gasteiger partial charge in [0.15, 0.2) is 11.5 Å². The number of hydrogen-bond donors (Lipinski definition) is 0. The van der Waals surface area contributed by atoms with E-state index < -0.39 is 0 Å². The molecule has 4 nitrogen and oxygen atoms in total. The Bertz CT molecular complexity index is 682. The summed E-state index contributed by atoms with van der Waals surface area (Å²) in [5.74, 6) is 1.75. The molecule has 0 saturated carbocycles. The molecule has 0 unspecified atom stereocenters. The van der Waals surface area contributed by atoms with E-state index in [9.17, 15) is 0 Å². The van der Waals surface area contributed by atoms with Crippen molar-refractivity contribution in [2.75, 3.05) is 39.5 Å². The van der Waals surface area contributed by atoms with Crippen LogP contribution in [-0.4, -0.2) is 49.3 Å². The summed E-state index contributed by atoms with van der Waals surface area (Å²) in [6.45, 7) is 7.15. The molecule has 1 fully saturated rings. The number of rotatable bonds is 6. The third-order valence-corrected chi connectivity index (χ3v) is 5.09. The Morgan fingerprint density at radius 3 is 2.36 bits per heavy atom. The molecule has 1 saturated heterocycles. The topological polar surface area (TPSA) is 24.9 Å². The Balaban J connectivity index is 1.19. The van der Waals surface area contributed by atoms with E-state index in [1.807, 2.05) is 6.07 Å². The van der Waals surface area contributed by atoms with Crippen LogP contribution in [0.15, 0.2) is 48.5 Å². The molecular weight excluding hydrogens is 312 g/mol. The lowest BCUT2D eigenvalue weighted by atomic mass is 10.1. The van der Waals surface area contributed by atoms with E-state index in [4.69, 9.17) is 9.47 Å². The van der Waals surface area contributed by atoms with Gasteiger partial charge in [0.25, 0.3) is 0 Å². The van der Waals surface area contributed by atoms with Crippen molar-refractivity contribution < 1.29 is 9.47 Å². The molecule has 0 N–H and O–H groups in total. The molecule has 0 aliphatic carbocycles. The maximum absolute atomic E-state index is 5.48. The summed E-state index contributed by atoms with van der Waals surface area (Å²) in [6.07, 6.45) is 2.42. The third-order valence-electron chi connectivity index (χ3n) is 5.09. The second-order valence-electron chi connectivity index (χ2n) is 6.89. The van der Waals surface area contributed by atoms with Crippen molar-refractivity contribution >= 4 is 0 Å². The van der Waals surface area contributed by atoms with Gasteiger partial charge in [0.2, 0.25) is 6.79 Å². The third kappa shape index (κ3) is 4.33. The fourth-order valence-corrected chi connectivity index (χ4v) is 3.62. The van der Waals surface area contributed by atoms with Crippen molar-refractivity contribution in [2.24, 2.45) is 0 Å². The largest absolute Gasteiger partial charge is 0.454 e. The second kappa shape index (κ2) is 7.89. The second-order valence-corrected chi connectivity index (χ2v) is 6.89. The standard InChI is InChI=1S/C21H26N2O2/c1-2-5-18(6-3-1)7-4-10-22-11-13-23(14-12-22)16-19-8-9-20-21(15-19)25-17-24-20/h1-3,5-6,8-9,15H,4,7,10-14,16-17H2. The quantitative estimate of drug-likeness (QED) is 0.808. The van der Waals surface area contributed by atoms with Gasteiger partial charge in [-0.15, -0.1) is 0 Å². The average molecular weight is 338 g/mol. The summed E-state index contributed by atoms with van der Waals surface area (Å²) in [4.78, 5) is 5.13. The molecule has 2 aliphatic rings. The zero-order chi connectivity index (χ0) is 16.9. The summed E-state index contributed by atoms with van der Waals surface area (Å²) in [7, 11) is 0. The molecule has 2 aromatic carbocycles. The molecule has 0 amide bonds. The molecule has 0 atom stereocenters. The number of ether oxygens (including phenoxy) is 2. The van der Waals surface area contributed by atoms with Crippen LogP contribution in [0.1, 0.15) is 17.5 Å². The van der Waals surface area contributed by atoms with Crippen molar-refractivity contribution in [3.8, 4) is 11.5 Å². The molecule has 0 spiro atoms. The fraction of sp³-hybridized carbons (Fsp3) is 0.429.